The highest BCUT2D eigenvalue weighted by Crippen LogP contribution is 1.89. The Morgan fingerprint density at radius 1 is 0.438 bits per heavy atom. The predicted molar refractivity (Wildman–Crippen MR) is 52.4 cm³/mol. The van der Waals surface area contributed by atoms with Gasteiger partial charge in [0, 0.05) is 0 Å². The second-order valence-corrected chi connectivity index (χ2v) is 3.00. The summed E-state index contributed by atoms with van der Waals surface area (Å²) < 4.78 is 0. The summed E-state index contributed by atoms with van der Waals surface area (Å²) in [6.07, 6.45) is -4.89. The van der Waals surface area contributed by atoms with Crippen molar-refractivity contribution in [1.29, 1.82) is 0 Å². The number of aliphatic hydroxyl groups excluding tert-OH is 8. The summed E-state index contributed by atoms with van der Waals surface area (Å²) in [5.41, 5.74) is 0. The zero-order chi connectivity index (χ0) is 13.1. The van der Waals surface area contributed by atoms with Crippen LogP contribution in [-0.2, 0) is 0 Å². The van der Waals surface area contributed by atoms with E-state index < -0.39 is 50.8 Å². The first-order valence-electron chi connectivity index (χ1n) is 4.60. The van der Waals surface area contributed by atoms with E-state index in [-0.39, 0.29) is 0 Å². The fourth-order valence-electron chi connectivity index (χ4n) is 0.487. The first-order chi connectivity index (χ1) is 7.44. The minimum absolute atomic E-state index is 0.526. The summed E-state index contributed by atoms with van der Waals surface area (Å²) in [5, 5.41) is 66.3. The molecule has 8 heteroatoms. The number of hydrogen-bond acceptors (Lipinski definition) is 8. The van der Waals surface area contributed by atoms with Gasteiger partial charge in [0.25, 0.3) is 0 Å². The first kappa shape index (κ1) is 18.1. The number of rotatable bonds is 6. The molecule has 4 atom stereocenters. The van der Waals surface area contributed by atoms with Crippen molar-refractivity contribution in [3.05, 3.63) is 0 Å². The van der Waals surface area contributed by atoms with Crippen molar-refractivity contribution in [1.82, 2.24) is 0 Å². The quantitative estimate of drug-likeness (QED) is 0.231. The molecule has 0 amide bonds. The normalized spacial score (nSPS) is 18.0. The molecule has 0 rings (SSSR count). The Balaban J connectivity index is 0. The number of hydrogen-bond donors (Lipinski definition) is 8. The highest BCUT2D eigenvalue weighted by Gasteiger charge is 2.12. The Hall–Kier alpha value is -0.320. The van der Waals surface area contributed by atoms with Crippen LogP contribution < -0.4 is 0 Å². The van der Waals surface area contributed by atoms with Crippen molar-refractivity contribution in [2.24, 2.45) is 0 Å². The molecule has 0 spiro atoms. The molecule has 2 unspecified atom stereocenters. The maximum atomic E-state index is 8.47. The molecule has 16 heavy (non-hydrogen) atoms. The highest BCUT2D eigenvalue weighted by molar-refractivity contribution is 4.63. The van der Waals surface area contributed by atoms with Gasteiger partial charge >= 0.3 is 0 Å². The Morgan fingerprint density at radius 2 is 0.562 bits per heavy atom. The van der Waals surface area contributed by atoms with Gasteiger partial charge in [-0.25, -0.2) is 0 Å². The summed E-state index contributed by atoms with van der Waals surface area (Å²) in [4.78, 5) is 0. The molecule has 0 saturated heterocycles. The lowest BCUT2D eigenvalue weighted by Crippen LogP contribution is -2.31. The molecule has 0 aliphatic rings. The van der Waals surface area contributed by atoms with Gasteiger partial charge in [-0.2, -0.15) is 0 Å². The molecule has 8 N–H and O–H groups in total. The van der Waals surface area contributed by atoms with E-state index in [0.717, 1.165) is 0 Å². The van der Waals surface area contributed by atoms with Crippen LogP contribution in [0, 0.1) is 0 Å². The van der Waals surface area contributed by atoms with Crippen LogP contribution in [0.3, 0.4) is 0 Å². The van der Waals surface area contributed by atoms with Crippen molar-refractivity contribution < 1.29 is 40.9 Å². The Labute approximate surface area is 92.7 Å². The smallest absolute Gasteiger partial charge is 0.105 e. The molecule has 0 bridgehead atoms. The maximum absolute atomic E-state index is 8.47. The van der Waals surface area contributed by atoms with Crippen LogP contribution in [0.1, 0.15) is 0 Å². The molecule has 0 saturated carbocycles. The summed E-state index contributed by atoms with van der Waals surface area (Å²) >= 11 is 0. The Morgan fingerprint density at radius 3 is 0.625 bits per heavy atom. The summed E-state index contributed by atoms with van der Waals surface area (Å²) in [6.45, 7) is -2.10. The summed E-state index contributed by atoms with van der Waals surface area (Å²) in [5.74, 6) is 0. The molecular weight excluding hydrogens is 224 g/mol. The van der Waals surface area contributed by atoms with Gasteiger partial charge < -0.3 is 40.9 Å². The lowest BCUT2D eigenvalue weighted by Gasteiger charge is -2.10. The molecular formula is C8H20O8. The molecule has 0 aromatic rings. The molecule has 100 valence electrons. The monoisotopic (exact) mass is 244 g/mol. The van der Waals surface area contributed by atoms with Crippen LogP contribution in [0.5, 0.6) is 0 Å². The predicted octanol–water partition coefficient (Wildman–Crippen LogP) is -4.61. The Bertz CT molecular complexity index is 112. The van der Waals surface area contributed by atoms with Crippen molar-refractivity contribution in [2.75, 3.05) is 26.4 Å². The van der Waals surface area contributed by atoms with Gasteiger partial charge in [0.2, 0.25) is 0 Å². The van der Waals surface area contributed by atoms with Crippen molar-refractivity contribution in [3.63, 3.8) is 0 Å². The van der Waals surface area contributed by atoms with Gasteiger partial charge in [0.15, 0.2) is 0 Å². The summed E-state index contributed by atoms with van der Waals surface area (Å²) in [7, 11) is 0. The third kappa shape index (κ3) is 8.95. The fraction of sp³-hybridized carbons (Fsp3) is 1.00. The zero-order valence-electron chi connectivity index (χ0n) is 8.72. The molecule has 8 nitrogen and oxygen atoms in total. The van der Waals surface area contributed by atoms with Gasteiger partial charge in [-0.05, 0) is 0 Å². The fourth-order valence-corrected chi connectivity index (χ4v) is 0.487. The first-order valence-corrected chi connectivity index (χ1v) is 4.60. The topological polar surface area (TPSA) is 162 Å². The van der Waals surface area contributed by atoms with Crippen LogP contribution in [0.25, 0.3) is 0 Å². The van der Waals surface area contributed by atoms with Gasteiger partial charge in [-0.15, -0.1) is 0 Å². The van der Waals surface area contributed by atoms with E-state index in [0.29, 0.717) is 0 Å². The van der Waals surface area contributed by atoms with Crippen LogP contribution in [0.2, 0.25) is 0 Å². The molecule has 0 aromatic heterocycles. The van der Waals surface area contributed by atoms with Crippen molar-refractivity contribution >= 4 is 0 Å². The van der Waals surface area contributed by atoms with Crippen molar-refractivity contribution in [3.8, 4) is 0 Å². The van der Waals surface area contributed by atoms with E-state index in [2.05, 4.69) is 0 Å². The van der Waals surface area contributed by atoms with E-state index in [9.17, 15) is 0 Å². The molecule has 0 radical (unpaired) electrons. The minimum Gasteiger partial charge on any atom is -0.394 e. The van der Waals surface area contributed by atoms with Crippen molar-refractivity contribution in [2.45, 2.75) is 24.4 Å². The lowest BCUT2D eigenvalue weighted by molar-refractivity contribution is -0.0388. The number of aliphatic hydroxyl groups is 8. The van der Waals surface area contributed by atoms with Crippen LogP contribution >= 0.6 is 0 Å². The van der Waals surface area contributed by atoms with E-state index in [1.165, 1.54) is 0 Å². The molecule has 0 aliphatic heterocycles. The average molecular weight is 244 g/mol. The van der Waals surface area contributed by atoms with E-state index in [4.69, 9.17) is 40.9 Å². The van der Waals surface area contributed by atoms with Crippen LogP contribution in [0.15, 0.2) is 0 Å². The molecule has 0 heterocycles. The molecule has 0 fully saturated rings. The maximum Gasteiger partial charge on any atom is 0.105 e. The van der Waals surface area contributed by atoms with Gasteiger partial charge in [-0.1, -0.05) is 0 Å². The zero-order valence-corrected chi connectivity index (χ0v) is 8.72. The lowest BCUT2D eigenvalue weighted by atomic mass is 10.2. The Kier molecular flexibility index (Phi) is 12.6. The van der Waals surface area contributed by atoms with Crippen LogP contribution in [0.4, 0.5) is 0 Å². The van der Waals surface area contributed by atoms with E-state index in [1.807, 2.05) is 0 Å². The third-order valence-electron chi connectivity index (χ3n) is 1.64. The van der Waals surface area contributed by atoms with E-state index >= 15 is 0 Å². The van der Waals surface area contributed by atoms with Gasteiger partial charge in [0.05, 0.1) is 26.4 Å². The minimum atomic E-state index is -1.22. The third-order valence-corrected chi connectivity index (χ3v) is 1.64. The summed E-state index contributed by atoms with van der Waals surface area (Å²) in [6, 6.07) is 0. The highest BCUT2D eigenvalue weighted by atomic mass is 16.4. The second kappa shape index (κ2) is 11.2. The molecule has 0 aliphatic carbocycles. The second-order valence-electron chi connectivity index (χ2n) is 3.00. The largest absolute Gasteiger partial charge is 0.394 e. The molecule has 0 aromatic carbocycles. The van der Waals surface area contributed by atoms with E-state index in [1.54, 1.807) is 0 Å². The van der Waals surface area contributed by atoms with Gasteiger partial charge in [-0.3, -0.25) is 0 Å². The standard InChI is InChI=1S/2C4H10O4/c2*5-1-3(7)4(8)2-6/h2*3-8H,1-2H2/t3-,4+;. The average Bonchev–Trinajstić information content (AvgIpc) is 2.35. The van der Waals surface area contributed by atoms with Gasteiger partial charge in [0.1, 0.15) is 24.4 Å². The van der Waals surface area contributed by atoms with Crippen LogP contribution in [-0.4, -0.2) is 91.7 Å². The SMILES string of the molecule is OCC(O)C(O)CO.OC[C@@H](O)[C@@H](O)CO.